The first-order chi connectivity index (χ1) is 9.04. The Morgan fingerprint density at radius 1 is 1.16 bits per heavy atom. The van der Waals surface area contributed by atoms with Crippen molar-refractivity contribution in [1.29, 1.82) is 0 Å². The number of anilines is 1. The molecule has 4 heteroatoms. The van der Waals surface area contributed by atoms with Gasteiger partial charge in [0.05, 0.1) is 12.8 Å². The number of piperazine rings is 1. The fourth-order valence-corrected chi connectivity index (χ4v) is 2.51. The first kappa shape index (κ1) is 14.1. The van der Waals surface area contributed by atoms with E-state index in [0.717, 1.165) is 31.7 Å². The van der Waals surface area contributed by atoms with Gasteiger partial charge in [-0.2, -0.15) is 0 Å². The molecule has 0 aliphatic carbocycles. The Balaban J connectivity index is 2.32. The summed E-state index contributed by atoms with van der Waals surface area (Å²) in [5.41, 5.74) is 1.59. The minimum atomic E-state index is -0.224. The molecule has 1 heterocycles. The van der Waals surface area contributed by atoms with E-state index in [4.69, 9.17) is 4.74 Å². The lowest BCUT2D eigenvalue weighted by atomic mass is 10.0. The molecular weight excluding hydrogens is 243 g/mol. The zero-order valence-electron chi connectivity index (χ0n) is 12.2. The van der Waals surface area contributed by atoms with Crippen molar-refractivity contribution < 1.29 is 9.13 Å². The van der Waals surface area contributed by atoms with Crippen molar-refractivity contribution in [2.45, 2.75) is 19.8 Å². The van der Waals surface area contributed by atoms with E-state index in [1.807, 2.05) is 26.0 Å². The molecule has 1 aromatic rings. The van der Waals surface area contributed by atoms with E-state index >= 15 is 0 Å². The van der Waals surface area contributed by atoms with Crippen molar-refractivity contribution in [3.05, 3.63) is 23.5 Å². The lowest BCUT2D eigenvalue weighted by Gasteiger charge is -2.34. The van der Waals surface area contributed by atoms with Crippen LogP contribution >= 0.6 is 0 Å². The highest BCUT2D eigenvalue weighted by atomic mass is 19.1. The van der Waals surface area contributed by atoms with Gasteiger partial charge in [0.2, 0.25) is 0 Å². The van der Waals surface area contributed by atoms with E-state index in [1.165, 1.54) is 7.11 Å². The monoisotopic (exact) mass is 266 g/mol. The van der Waals surface area contributed by atoms with Gasteiger partial charge in [0.1, 0.15) is 0 Å². The molecule has 0 saturated carbocycles. The minimum Gasteiger partial charge on any atom is -0.493 e. The predicted octanol–water partition coefficient (Wildman–Crippen LogP) is 2.71. The van der Waals surface area contributed by atoms with E-state index in [-0.39, 0.29) is 11.7 Å². The van der Waals surface area contributed by atoms with Crippen LogP contribution in [0.15, 0.2) is 12.1 Å². The lowest BCUT2D eigenvalue weighted by Crippen LogP contribution is -2.44. The van der Waals surface area contributed by atoms with Crippen LogP contribution in [0.4, 0.5) is 10.1 Å². The third-order valence-corrected chi connectivity index (χ3v) is 3.78. The topological polar surface area (TPSA) is 15.7 Å². The standard InChI is InChI=1S/C15H23FN2O/c1-11(2)12-5-6-13(14(16)15(12)19-4)18-9-7-17(3)8-10-18/h5-6,11H,7-10H2,1-4H3. The van der Waals surface area contributed by atoms with Crippen molar-refractivity contribution in [3.8, 4) is 5.75 Å². The molecule has 0 amide bonds. The molecule has 0 aromatic heterocycles. The highest BCUT2D eigenvalue weighted by Crippen LogP contribution is 2.35. The van der Waals surface area contributed by atoms with Gasteiger partial charge in [0.15, 0.2) is 11.6 Å². The number of benzene rings is 1. The Labute approximate surface area is 115 Å². The average Bonchev–Trinajstić information content (AvgIpc) is 2.39. The SMILES string of the molecule is COc1c(C(C)C)ccc(N2CCN(C)CC2)c1F. The maximum atomic E-state index is 14.6. The smallest absolute Gasteiger partial charge is 0.188 e. The molecule has 1 fully saturated rings. The molecule has 2 rings (SSSR count). The summed E-state index contributed by atoms with van der Waals surface area (Å²) in [7, 11) is 3.63. The van der Waals surface area contributed by atoms with Gasteiger partial charge in [-0.1, -0.05) is 19.9 Å². The summed E-state index contributed by atoms with van der Waals surface area (Å²) < 4.78 is 19.9. The van der Waals surface area contributed by atoms with Crippen LogP contribution in [-0.4, -0.2) is 45.2 Å². The van der Waals surface area contributed by atoms with Crippen LogP contribution in [0.5, 0.6) is 5.75 Å². The van der Waals surface area contributed by atoms with Crippen LogP contribution in [0.1, 0.15) is 25.3 Å². The summed E-state index contributed by atoms with van der Waals surface area (Å²) in [6.07, 6.45) is 0. The summed E-state index contributed by atoms with van der Waals surface area (Å²) in [5.74, 6) is 0.427. The second-order valence-corrected chi connectivity index (χ2v) is 5.47. The van der Waals surface area contributed by atoms with E-state index in [9.17, 15) is 4.39 Å². The third-order valence-electron chi connectivity index (χ3n) is 3.78. The molecule has 19 heavy (non-hydrogen) atoms. The molecular formula is C15H23FN2O. The summed E-state index contributed by atoms with van der Waals surface area (Å²) in [5, 5.41) is 0. The number of hydrogen-bond donors (Lipinski definition) is 0. The molecule has 0 bridgehead atoms. The summed E-state index contributed by atoms with van der Waals surface area (Å²) in [6, 6.07) is 3.87. The van der Waals surface area contributed by atoms with E-state index < -0.39 is 0 Å². The Kier molecular flexibility index (Phi) is 4.30. The van der Waals surface area contributed by atoms with Gasteiger partial charge >= 0.3 is 0 Å². The van der Waals surface area contributed by atoms with Crippen molar-refractivity contribution >= 4 is 5.69 Å². The second kappa shape index (κ2) is 5.78. The average molecular weight is 266 g/mol. The zero-order valence-corrected chi connectivity index (χ0v) is 12.2. The van der Waals surface area contributed by atoms with Crippen LogP contribution in [0.2, 0.25) is 0 Å². The van der Waals surface area contributed by atoms with E-state index in [2.05, 4.69) is 16.8 Å². The van der Waals surface area contributed by atoms with Gasteiger partial charge in [-0.15, -0.1) is 0 Å². The molecule has 0 atom stereocenters. The van der Waals surface area contributed by atoms with Crippen LogP contribution < -0.4 is 9.64 Å². The predicted molar refractivity (Wildman–Crippen MR) is 76.8 cm³/mol. The number of nitrogens with zero attached hydrogens (tertiary/aromatic N) is 2. The normalized spacial score (nSPS) is 17.1. The van der Waals surface area contributed by atoms with Crippen molar-refractivity contribution in [2.75, 3.05) is 45.2 Å². The fraction of sp³-hybridized carbons (Fsp3) is 0.600. The number of likely N-dealkylation sites (N-methyl/N-ethyl adjacent to an activating group) is 1. The molecule has 0 N–H and O–H groups in total. The van der Waals surface area contributed by atoms with Gasteiger partial charge in [-0.05, 0) is 24.6 Å². The Bertz CT molecular complexity index is 440. The summed E-state index contributed by atoms with van der Waals surface area (Å²) >= 11 is 0. The summed E-state index contributed by atoms with van der Waals surface area (Å²) in [4.78, 5) is 4.36. The summed E-state index contributed by atoms with van der Waals surface area (Å²) in [6.45, 7) is 7.75. The largest absolute Gasteiger partial charge is 0.493 e. The third kappa shape index (κ3) is 2.84. The number of methoxy groups -OCH3 is 1. The molecule has 0 spiro atoms. The van der Waals surface area contributed by atoms with Crippen LogP contribution in [0, 0.1) is 5.82 Å². The van der Waals surface area contributed by atoms with Crippen molar-refractivity contribution in [3.63, 3.8) is 0 Å². The molecule has 1 aliphatic rings. The fourth-order valence-electron chi connectivity index (χ4n) is 2.51. The number of ether oxygens (including phenoxy) is 1. The first-order valence-electron chi connectivity index (χ1n) is 6.84. The first-order valence-corrected chi connectivity index (χ1v) is 6.84. The van der Waals surface area contributed by atoms with E-state index in [0.29, 0.717) is 11.4 Å². The zero-order chi connectivity index (χ0) is 14.0. The molecule has 1 aliphatic heterocycles. The van der Waals surface area contributed by atoms with Gasteiger partial charge in [0.25, 0.3) is 0 Å². The Morgan fingerprint density at radius 2 is 1.79 bits per heavy atom. The maximum Gasteiger partial charge on any atom is 0.188 e. The molecule has 1 saturated heterocycles. The minimum absolute atomic E-state index is 0.224. The Hall–Kier alpha value is -1.29. The lowest BCUT2D eigenvalue weighted by molar-refractivity contribution is 0.310. The van der Waals surface area contributed by atoms with Gasteiger partial charge < -0.3 is 14.5 Å². The Morgan fingerprint density at radius 3 is 2.32 bits per heavy atom. The van der Waals surface area contributed by atoms with Crippen LogP contribution in [0.25, 0.3) is 0 Å². The van der Waals surface area contributed by atoms with Gasteiger partial charge in [-0.3, -0.25) is 0 Å². The molecule has 0 radical (unpaired) electrons. The quantitative estimate of drug-likeness (QED) is 0.836. The molecule has 0 unspecified atom stereocenters. The van der Waals surface area contributed by atoms with Gasteiger partial charge in [0, 0.05) is 26.2 Å². The number of rotatable bonds is 3. The number of halogens is 1. The highest BCUT2D eigenvalue weighted by Gasteiger charge is 2.22. The van der Waals surface area contributed by atoms with Gasteiger partial charge in [-0.25, -0.2) is 4.39 Å². The molecule has 3 nitrogen and oxygen atoms in total. The molecule has 1 aromatic carbocycles. The van der Waals surface area contributed by atoms with Crippen molar-refractivity contribution in [1.82, 2.24) is 4.90 Å². The molecule has 106 valence electrons. The van der Waals surface area contributed by atoms with Crippen LogP contribution in [0.3, 0.4) is 0 Å². The second-order valence-electron chi connectivity index (χ2n) is 5.47. The van der Waals surface area contributed by atoms with E-state index in [1.54, 1.807) is 0 Å². The van der Waals surface area contributed by atoms with Crippen LogP contribution in [-0.2, 0) is 0 Å². The highest BCUT2D eigenvalue weighted by molar-refractivity contribution is 5.56. The maximum absolute atomic E-state index is 14.6. The van der Waals surface area contributed by atoms with Crippen molar-refractivity contribution in [2.24, 2.45) is 0 Å². The number of hydrogen-bond acceptors (Lipinski definition) is 3.